The van der Waals surface area contributed by atoms with Gasteiger partial charge in [0.2, 0.25) is 0 Å². The zero-order valence-corrected chi connectivity index (χ0v) is 8.30. The van der Waals surface area contributed by atoms with Crippen molar-refractivity contribution in [2.24, 2.45) is 0 Å². The molecular formula is C9H16O6. The van der Waals surface area contributed by atoms with E-state index >= 15 is 0 Å². The second-order valence-corrected chi connectivity index (χ2v) is 3.69. The first kappa shape index (κ1) is 12.4. The maximum atomic E-state index is 11.1. The summed E-state index contributed by atoms with van der Waals surface area (Å²) in [4.78, 5) is 11.1. The van der Waals surface area contributed by atoms with Gasteiger partial charge in [0, 0.05) is 6.61 Å². The van der Waals surface area contributed by atoms with Gasteiger partial charge in [-0.2, -0.15) is 0 Å². The number of aliphatic carboxylic acids is 1. The van der Waals surface area contributed by atoms with Gasteiger partial charge in [0.25, 0.3) is 0 Å². The van der Waals surface area contributed by atoms with E-state index in [4.69, 9.17) is 14.9 Å². The Hall–Kier alpha value is -0.690. The van der Waals surface area contributed by atoms with Crippen LogP contribution in [0.15, 0.2) is 0 Å². The molecular weight excluding hydrogens is 204 g/mol. The molecule has 3 unspecified atom stereocenters. The Bertz CT molecular complexity index is 223. The van der Waals surface area contributed by atoms with Crippen LogP contribution in [0.1, 0.15) is 19.3 Å². The van der Waals surface area contributed by atoms with E-state index in [0.29, 0.717) is 6.42 Å². The first-order valence-corrected chi connectivity index (χ1v) is 4.89. The highest BCUT2D eigenvalue weighted by Crippen LogP contribution is 2.30. The molecule has 1 heterocycles. The largest absolute Gasteiger partial charge is 0.479 e. The number of hydrogen-bond acceptors (Lipinski definition) is 5. The minimum absolute atomic E-state index is 0.139. The van der Waals surface area contributed by atoms with Crippen LogP contribution in [-0.4, -0.2) is 57.4 Å². The molecule has 0 aromatic heterocycles. The van der Waals surface area contributed by atoms with Gasteiger partial charge in [0.15, 0.2) is 5.60 Å². The van der Waals surface area contributed by atoms with Crippen molar-refractivity contribution in [3.63, 3.8) is 0 Å². The summed E-state index contributed by atoms with van der Waals surface area (Å²) >= 11 is 0. The first-order chi connectivity index (χ1) is 7.04. The molecule has 6 heteroatoms. The summed E-state index contributed by atoms with van der Waals surface area (Å²) in [5, 5.41) is 36.6. The van der Waals surface area contributed by atoms with Gasteiger partial charge in [-0.25, -0.2) is 4.79 Å². The van der Waals surface area contributed by atoms with Crippen molar-refractivity contribution in [3.8, 4) is 0 Å². The predicted molar refractivity (Wildman–Crippen MR) is 49.3 cm³/mol. The zero-order valence-electron chi connectivity index (χ0n) is 8.30. The van der Waals surface area contributed by atoms with E-state index in [1.165, 1.54) is 0 Å². The molecule has 15 heavy (non-hydrogen) atoms. The molecule has 1 saturated heterocycles. The van der Waals surface area contributed by atoms with Gasteiger partial charge < -0.3 is 25.2 Å². The lowest BCUT2D eigenvalue weighted by molar-refractivity contribution is -0.207. The Morgan fingerprint density at radius 1 is 1.40 bits per heavy atom. The fourth-order valence-electron chi connectivity index (χ4n) is 1.76. The molecule has 4 N–H and O–H groups in total. The monoisotopic (exact) mass is 220 g/mol. The number of hydrogen-bond donors (Lipinski definition) is 4. The summed E-state index contributed by atoms with van der Waals surface area (Å²) in [7, 11) is 0. The van der Waals surface area contributed by atoms with Crippen LogP contribution in [-0.2, 0) is 9.53 Å². The van der Waals surface area contributed by atoms with Crippen molar-refractivity contribution in [3.05, 3.63) is 0 Å². The number of carbonyl (C=O) groups is 1. The summed E-state index contributed by atoms with van der Waals surface area (Å²) in [5.41, 5.74) is -1.78. The molecule has 3 atom stereocenters. The van der Waals surface area contributed by atoms with Crippen LogP contribution in [0.2, 0.25) is 0 Å². The average molecular weight is 220 g/mol. The van der Waals surface area contributed by atoms with Crippen molar-refractivity contribution < 1.29 is 30.0 Å². The van der Waals surface area contributed by atoms with E-state index in [0.717, 1.165) is 6.42 Å². The molecule has 0 aliphatic carbocycles. The minimum Gasteiger partial charge on any atom is -0.479 e. The Kier molecular flexibility index (Phi) is 4.04. The van der Waals surface area contributed by atoms with Gasteiger partial charge in [0.05, 0.1) is 6.61 Å². The van der Waals surface area contributed by atoms with Gasteiger partial charge in [-0.05, 0) is 19.3 Å². The quantitative estimate of drug-likeness (QED) is 0.470. The lowest BCUT2D eigenvalue weighted by Crippen LogP contribution is -2.58. The van der Waals surface area contributed by atoms with Crippen molar-refractivity contribution in [1.82, 2.24) is 0 Å². The molecule has 0 radical (unpaired) electrons. The molecule has 0 bridgehead atoms. The number of carboxylic acids is 1. The minimum atomic E-state index is -1.78. The van der Waals surface area contributed by atoms with Crippen molar-refractivity contribution in [1.29, 1.82) is 0 Å². The second-order valence-electron chi connectivity index (χ2n) is 3.69. The van der Waals surface area contributed by atoms with Crippen LogP contribution < -0.4 is 0 Å². The smallest absolute Gasteiger partial charge is 0.338 e. The fourth-order valence-corrected chi connectivity index (χ4v) is 1.76. The van der Waals surface area contributed by atoms with Crippen molar-refractivity contribution in [2.45, 2.75) is 37.1 Å². The lowest BCUT2D eigenvalue weighted by atomic mass is 9.85. The van der Waals surface area contributed by atoms with E-state index < -0.39 is 30.4 Å². The number of carboxylic acid groups (broad SMARTS) is 1. The lowest BCUT2D eigenvalue weighted by Gasteiger charge is -2.38. The molecule has 1 aliphatic heterocycles. The van der Waals surface area contributed by atoms with E-state index in [2.05, 4.69) is 0 Å². The standard InChI is InChI=1S/C9H16O6/c10-5-6(11)7(12)9(8(13)14)3-1-2-4-15-9/h6-7,10-12H,1-5H2,(H,13,14). The van der Waals surface area contributed by atoms with Crippen LogP contribution in [0.4, 0.5) is 0 Å². The van der Waals surface area contributed by atoms with Gasteiger partial charge in [-0.15, -0.1) is 0 Å². The van der Waals surface area contributed by atoms with E-state index in [9.17, 15) is 15.0 Å². The third kappa shape index (κ3) is 2.28. The summed E-state index contributed by atoms with van der Waals surface area (Å²) in [6, 6.07) is 0. The maximum absolute atomic E-state index is 11.1. The fraction of sp³-hybridized carbons (Fsp3) is 0.889. The molecule has 1 aliphatic rings. The SMILES string of the molecule is O=C(O)C1(C(O)C(O)CO)CCCCO1. The molecule has 0 aromatic carbocycles. The van der Waals surface area contributed by atoms with Crippen molar-refractivity contribution >= 4 is 5.97 Å². The predicted octanol–water partition coefficient (Wildman–Crippen LogP) is -1.28. The molecule has 6 nitrogen and oxygen atoms in total. The zero-order chi connectivity index (χ0) is 11.5. The van der Waals surface area contributed by atoms with Crippen LogP contribution in [0.25, 0.3) is 0 Å². The number of aliphatic hydroxyl groups is 3. The highest BCUT2D eigenvalue weighted by atomic mass is 16.5. The van der Waals surface area contributed by atoms with E-state index in [-0.39, 0.29) is 13.0 Å². The summed E-state index contributed by atoms with van der Waals surface area (Å²) in [5.74, 6) is -1.30. The van der Waals surface area contributed by atoms with Crippen molar-refractivity contribution in [2.75, 3.05) is 13.2 Å². The highest BCUT2D eigenvalue weighted by Gasteiger charge is 2.50. The van der Waals surface area contributed by atoms with Gasteiger partial charge in [0.1, 0.15) is 12.2 Å². The van der Waals surface area contributed by atoms with Gasteiger partial charge in [-0.1, -0.05) is 0 Å². The molecule has 88 valence electrons. The maximum Gasteiger partial charge on any atom is 0.338 e. The second kappa shape index (κ2) is 4.89. The summed E-state index contributed by atoms with van der Waals surface area (Å²) in [6.45, 7) is -0.457. The van der Waals surface area contributed by atoms with Gasteiger partial charge >= 0.3 is 5.97 Å². The first-order valence-electron chi connectivity index (χ1n) is 4.89. The molecule has 1 rings (SSSR count). The van der Waals surface area contributed by atoms with E-state index in [1.807, 2.05) is 0 Å². The van der Waals surface area contributed by atoms with Crippen LogP contribution in [0.3, 0.4) is 0 Å². The van der Waals surface area contributed by atoms with Crippen LogP contribution in [0, 0.1) is 0 Å². The van der Waals surface area contributed by atoms with E-state index in [1.54, 1.807) is 0 Å². The average Bonchev–Trinajstić information content (AvgIpc) is 2.27. The third-order valence-corrected chi connectivity index (χ3v) is 2.69. The summed E-state index contributed by atoms with van der Waals surface area (Å²) < 4.78 is 5.09. The molecule has 0 amide bonds. The molecule has 0 saturated carbocycles. The van der Waals surface area contributed by atoms with Gasteiger partial charge in [-0.3, -0.25) is 0 Å². The molecule has 1 fully saturated rings. The summed E-state index contributed by atoms with van der Waals surface area (Å²) in [6.07, 6.45) is -1.63. The Morgan fingerprint density at radius 3 is 2.47 bits per heavy atom. The Morgan fingerprint density at radius 2 is 2.07 bits per heavy atom. The Labute approximate surface area is 87.1 Å². The molecule has 0 spiro atoms. The molecule has 0 aromatic rings. The van der Waals surface area contributed by atoms with Crippen LogP contribution in [0.5, 0.6) is 0 Å². The number of ether oxygens (including phenoxy) is 1. The number of rotatable bonds is 4. The normalized spacial score (nSPS) is 30.9. The topological polar surface area (TPSA) is 107 Å². The third-order valence-electron chi connectivity index (χ3n) is 2.69. The van der Waals surface area contributed by atoms with Crippen LogP contribution >= 0.6 is 0 Å². The highest BCUT2D eigenvalue weighted by molar-refractivity contribution is 5.78. The number of aliphatic hydroxyl groups excluding tert-OH is 3. The Balaban J connectivity index is 2.84.